The zero-order chi connectivity index (χ0) is 12.5. The van der Waals surface area contributed by atoms with Crippen LogP contribution >= 0.6 is 0 Å². The lowest BCUT2D eigenvalue weighted by Gasteiger charge is -2.24. The second-order valence-electron chi connectivity index (χ2n) is 5.42. The predicted molar refractivity (Wildman–Crippen MR) is 76.1 cm³/mol. The maximum Gasteiger partial charge on any atom is 0.0740 e. The van der Waals surface area contributed by atoms with E-state index in [9.17, 15) is 0 Å². The largest absolute Gasteiger partial charge is 0.316 e. The van der Waals surface area contributed by atoms with Gasteiger partial charge in [0.05, 0.1) is 5.52 Å². The molecule has 2 aromatic rings. The number of benzene rings is 1. The third-order valence-corrected chi connectivity index (χ3v) is 3.97. The van der Waals surface area contributed by atoms with Crippen molar-refractivity contribution < 1.29 is 0 Å². The fraction of sp³-hybridized carbons (Fsp3) is 0.438. The van der Waals surface area contributed by atoms with Crippen molar-refractivity contribution in [2.45, 2.75) is 32.6 Å². The smallest absolute Gasteiger partial charge is 0.0740 e. The van der Waals surface area contributed by atoms with Crippen molar-refractivity contribution in [1.82, 2.24) is 10.3 Å². The Morgan fingerprint density at radius 3 is 2.94 bits per heavy atom. The Balaban J connectivity index is 2.14. The van der Waals surface area contributed by atoms with Gasteiger partial charge >= 0.3 is 0 Å². The maximum absolute atomic E-state index is 4.69. The van der Waals surface area contributed by atoms with E-state index in [1.165, 1.54) is 40.4 Å². The quantitative estimate of drug-likeness (QED) is 0.827. The molecule has 1 aromatic carbocycles. The molecular weight excluding hydrogens is 220 g/mol. The Labute approximate surface area is 108 Å². The van der Waals surface area contributed by atoms with Gasteiger partial charge in [-0.25, -0.2) is 0 Å². The molecule has 0 bridgehead atoms. The number of aryl methyl sites for hydroxylation is 2. The monoisotopic (exact) mass is 240 g/mol. The lowest BCUT2D eigenvalue weighted by Crippen LogP contribution is -2.28. The average Bonchev–Trinajstić information content (AvgIpc) is 2.41. The molecule has 0 radical (unpaired) electrons. The molecule has 18 heavy (non-hydrogen) atoms. The van der Waals surface area contributed by atoms with Gasteiger partial charge in [0.15, 0.2) is 0 Å². The van der Waals surface area contributed by atoms with Gasteiger partial charge in [0, 0.05) is 18.1 Å². The summed E-state index contributed by atoms with van der Waals surface area (Å²) in [5.41, 5.74) is 5.19. The molecule has 1 saturated heterocycles. The van der Waals surface area contributed by atoms with Gasteiger partial charge in [0.25, 0.3) is 0 Å². The number of nitrogens with one attached hydrogen (secondary N) is 1. The number of hydrogen-bond acceptors (Lipinski definition) is 2. The van der Waals surface area contributed by atoms with Crippen LogP contribution in [0.1, 0.15) is 35.4 Å². The van der Waals surface area contributed by atoms with Crippen molar-refractivity contribution in [3.8, 4) is 0 Å². The van der Waals surface area contributed by atoms with Gasteiger partial charge in [0.1, 0.15) is 0 Å². The summed E-state index contributed by atoms with van der Waals surface area (Å²) in [5, 5.41) is 4.81. The van der Waals surface area contributed by atoms with E-state index in [0.717, 1.165) is 13.1 Å². The van der Waals surface area contributed by atoms with E-state index in [1.54, 1.807) is 0 Å². The fourth-order valence-corrected chi connectivity index (χ4v) is 2.93. The minimum atomic E-state index is 0.622. The first-order chi connectivity index (χ1) is 8.75. The molecule has 1 aliphatic heterocycles. The van der Waals surface area contributed by atoms with Crippen LogP contribution in [0, 0.1) is 13.8 Å². The van der Waals surface area contributed by atoms with Crippen LogP contribution in [0.4, 0.5) is 0 Å². The first kappa shape index (κ1) is 11.7. The number of hydrogen-bond donors (Lipinski definition) is 1. The number of pyridine rings is 1. The van der Waals surface area contributed by atoms with Gasteiger partial charge in [0.2, 0.25) is 0 Å². The third kappa shape index (κ3) is 2.01. The molecule has 0 spiro atoms. The molecule has 3 rings (SSSR count). The molecule has 1 N–H and O–H groups in total. The topological polar surface area (TPSA) is 24.9 Å². The number of aromatic nitrogens is 1. The van der Waals surface area contributed by atoms with Gasteiger partial charge in [-0.1, -0.05) is 12.1 Å². The highest BCUT2D eigenvalue weighted by atomic mass is 14.9. The Kier molecular flexibility index (Phi) is 3.04. The molecule has 2 heterocycles. The molecule has 1 atom stereocenters. The fourth-order valence-electron chi connectivity index (χ4n) is 2.93. The lowest BCUT2D eigenvalue weighted by molar-refractivity contribution is 0.463. The highest BCUT2D eigenvalue weighted by molar-refractivity contribution is 5.85. The SMILES string of the molecule is Cc1cnc2c([C@H]3CCCNC3)ccc(C)c2c1. The zero-order valence-electron chi connectivity index (χ0n) is 11.2. The van der Waals surface area contributed by atoms with E-state index in [-0.39, 0.29) is 0 Å². The van der Waals surface area contributed by atoms with Crippen LogP contribution in [0.3, 0.4) is 0 Å². The summed E-state index contributed by atoms with van der Waals surface area (Å²) in [5.74, 6) is 0.622. The van der Waals surface area contributed by atoms with E-state index in [0.29, 0.717) is 5.92 Å². The first-order valence-corrected chi connectivity index (χ1v) is 6.82. The number of fused-ring (bicyclic) bond motifs is 1. The molecule has 1 aromatic heterocycles. The van der Waals surface area contributed by atoms with Gasteiger partial charge in [-0.3, -0.25) is 4.98 Å². The summed E-state index contributed by atoms with van der Waals surface area (Å²) in [6, 6.07) is 6.78. The van der Waals surface area contributed by atoms with E-state index in [2.05, 4.69) is 42.3 Å². The van der Waals surface area contributed by atoms with Gasteiger partial charge in [-0.15, -0.1) is 0 Å². The van der Waals surface area contributed by atoms with E-state index in [4.69, 9.17) is 0 Å². The number of piperidine rings is 1. The summed E-state index contributed by atoms with van der Waals surface area (Å²) in [4.78, 5) is 4.69. The molecule has 1 fully saturated rings. The third-order valence-electron chi connectivity index (χ3n) is 3.97. The van der Waals surface area contributed by atoms with Gasteiger partial charge in [-0.2, -0.15) is 0 Å². The minimum Gasteiger partial charge on any atom is -0.316 e. The maximum atomic E-state index is 4.69. The normalized spacial score (nSPS) is 20.2. The van der Waals surface area contributed by atoms with Crippen LogP contribution in [-0.4, -0.2) is 18.1 Å². The second kappa shape index (κ2) is 4.69. The Morgan fingerprint density at radius 2 is 2.17 bits per heavy atom. The van der Waals surface area contributed by atoms with Gasteiger partial charge in [-0.05, 0) is 61.9 Å². The Hall–Kier alpha value is -1.41. The van der Waals surface area contributed by atoms with Crippen LogP contribution < -0.4 is 5.32 Å². The highest BCUT2D eigenvalue weighted by Gasteiger charge is 2.18. The molecule has 0 amide bonds. The van der Waals surface area contributed by atoms with Crippen LogP contribution in [-0.2, 0) is 0 Å². The molecule has 0 unspecified atom stereocenters. The standard InChI is InChI=1S/C16H20N2/c1-11-8-15-12(2)5-6-14(16(15)18-9-11)13-4-3-7-17-10-13/h5-6,8-9,13,17H,3-4,7,10H2,1-2H3/t13-/m0/s1. The van der Waals surface area contributed by atoms with Crippen LogP contribution in [0.15, 0.2) is 24.4 Å². The summed E-state index contributed by atoms with van der Waals surface area (Å²) >= 11 is 0. The highest BCUT2D eigenvalue weighted by Crippen LogP contribution is 2.30. The van der Waals surface area contributed by atoms with Crippen molar-refractivity contribution in [3.63, 3.8) is 0 Å². The molecule has 2 heteroatoms. The molecule has 2 nitrogen and oxygen atoms in total. The van der Waals surface area contributed by atoms with Gasteiger partial charge < -0.3 is 5.32 Å². The van der Waals surface area contributed by atoms with Crippen LogP contribution in [0.25, 0.3) is 10.9 Å². The molecule has 0 aliphatic carbocycles. The number of rotatable bonds is 1. The van der Waals surface area contributed by atoms with Crippen molar-refractivity contribution in [2.24, 2.45) is 0 Å². The molecule has 94 valence electrons. The van der Waals surface area contributed by atoms with Crippen molar-refractivity contribution in [3.05, 3.63) is 41.1 Å². The van der Waals surface area contributed by atoms with Crippen molar-refractivity contribution >= 4 is 10.9 Å². The molecule has 0 saturated carbocycles. The first-order valence-electron chi connectivity index (χ1n) is 6.82. The second-order valence-corrected chi connectivity index (χ2v) is 5.42. The zero-order valence-corrected chi connectivity index (χ0v) is 11.2. The van der Waals surface area contributed by atoms with E-state index in [1.807, 2.05) is 6.20 Å². The van der Waals surface area contributed by atoms with Crippen LogP contribution in [0.2, 0.25) is 0 Å². The molecule has 1 aliphatic rings. The van der Waals surface area contributed by atoms with Crippen molar-refractivity contribution in [2.75, 3.05) is 13.1 Å². The van der Waals surface area contributed by atoms with Crippen LogP contribution in [0.5, 0.6) is 0 Å². The average molecular weight is 240 g/mol. The lowest BCUT2D eigenvalue weighted by atomic mass is 9.89. The summed E-state index contributed by atoms with van der Waals surface area (Å²) < 4.78 is 0. The predicted octanol–water partition coefficient (Wildman–Crippen LogP) is 3.32. The summed E-state index contributed by atoms with van der Waals surface area (Å²) in [6.07, 6.45) is 4.54. The van der Waals surface area contributed by atoms with E-state index < -0.39 is 0 Å². The molecular formula is C16H20N2. The van der Waals surface area contributed by atoms with Crippen molar-refractivity contribution in [1.29, 1.82) is 0 Å². The minimum absolute atomic E-state index is 0.622. The Bertz CT molecular complexity index is 569. The summed E-state index contributed by atoms with van der Waals surface area (Å²) in [6.45, 7) is 6.54. The van der Waals surface area contributed by atoms with E-state index >= 15 is 0 Å². The Morgan fingerprint density at radius 1 is 1.28 bits per heavy atom. The number of nitrogens with zero attached hydrogens (tertiary/aromatic N) is 1. The summed E-state index contributed by atoms with van der Waals surface area (Å²) in [7, 11) is 0.